The Kier molecular flexibility index (Phi) is 2.99. The van der Waals surface area contributed by atoms with Gasteiger partial charge in [0.15, 0.2) is 0 Å². The Morgan fingerprint density at radius 3 is 3.11 bits per heavy atom. The number of piperidine rings is 1. The van der Waals surface area contributed by atoms with Crippen LogP contribution in [-0.4, -0.2) is 37.9 Å². The molecule has 2 aliphatic rings. The highest BCUT2D eigenvalue weighted by molar-refractivity contribution is 5.58. The molecule has 1 aromatic carbocycles. The van der Waals surface area contributed by atoms with Crippen LogP contribution in [0.4, 0.5) is 10.1 Å². The maximum atomic E-state index is 13.4. The Bertz CT molecular complexity index is 451. The number of benzene rings is 1. The molecule has 98 valence electrons. The van der Waals surface area contributed by atoms with Crippen LogP contribution in [0.3, 0.4) is 0 Å². The third-order valence-corrected chi connectivity index (χ3v) is 4.47. The summed E-state index contributed by atoms with van der Waals surface area (Å²) >= 11 is 0. The highest BCUT2D eigenvalue weighted by Crippen LogP contribution is 2.43. The van der Waals surface area contributed by atoms with Gasteiger partial charge in [0.25, 0.3) is 0 Å². The Morgan fingerprint density at radius 1 is 1.50 bits per heavy atom. The minimum absolute atomic E-state index is 0.0460. The summed E-state index contributed by atoms with van der Waals surface area (Å²) < 4.78 is 13.4. The highest BCUT2D eigenvalue weighted by atomic mass is 19.1. The molecule has 2 heterocycles. The molecule has 0 aromatic heterocycles. The molecule has 0 aliphatic carbocycles. The summed E-state index contributed by atoms with van der Waals surface area (Å²) in [4.78, 5) is 2.26. The topological polar surface area (TPSA) is 35.5 Å². The van der Waals surface area contributed by atoms with Gasteiger partial charge in [0.1, 0.15) is 5.82 Å². The van der Waals surface area contributed by atoms with Crippen LogP contribution in [0.5, 0.6) is 0 Å². The van der Waals surface area contributed by atoms with E-state index >= 15 is 0 Å². The van der Waals surface area contributed by atoms with Gasteiger partial charge in [-0.3, -0.25) is 0 Å². The summed E-state index contributed by atoms with van der Waals surface area (Å²) in [6, 6.07) is 5.37. The Labute approximate surface area is 107 Å². The lowest BCUT2D eigenvalue weighted by atomic mass is 9.74. The van der Waals surface area contributed by atoms with Crippen molar-refractivity contribution in [1.82, 2.24) is 5.32 Å². The normalized spacial score (nSPS) is 30.8. The number of aliphatic hydroxyl groups is 1. The van der Waals surface area contributed by atoms with E-state index in [1.165, 1.54) is 6.07 Å². The van der Waals surface area contributed by atoms with Crippen molar-refractivity contribution in [2.45, 2.75) is 18.4 Å². The van der Waals surface area contributed by atoms with Crippen molar-refractivity contribution in [3.63, 3.8) is 0 Å². The van der Waals surface area contributed by atoms with E-state index in [1.54, 1.807) is 6.07 Å². The van der Waals surface area contributed by atoms with Gasteiger partial charge in [-0.2, -0.15) is 0 Å². The molecule has 3 nitrogen and oxygen atoms in total. The Hall–Kier alpha value is -1.13. The Morgan fingerprint density at radius 2 is 2.33 bits per heavy atom. The number of hydrogen-bond donors (Lipinski definition) is 2. The van der Waals surface area contributed by atoms with Gasteiger partial charge in [0.2, 0.25) is 0 Å². The standard InChI is InChI=1S/C14H19FN2O/c1-17-13-3-2-9(15)6-10(13)12(8-18)11-7-16-5-4-14(11)17/h2-3,6,11-12,14,16,18H,4-5,7-8H2,1H3. The SMILES string of the molecule is CN1c2ccc(F)cc2C(CO)C2CNCCC21. The van der Waals surface area contributed by atoms with Crippen LogP contribution in [0.25, 0.3) is 0 Å². The van der Waals surface area contributed by atoms with Gasteiger partial charge in [0.05, 0.1) is 6.61 Å². The van der Waals surface area contributed by atoms with Crippen molar-refractivity contribution in [3.05, 3.63) is 29.6 Å². The molecule has 0 amide bonds. The predicted octanol–water partition coefficient (Wildman–Crippen LogP) is 1.33. The first-order valence-electron chi connectivity index (χ1n) is 6.56. The average Bonchev–Trinajstić information content (AvgIpc) is 2.39. The smallest absolute Gasteiger partial charge is 0.123 e. The lowest BCUT2D eigenvalue weighted by Gasteiger charge is -2.48. The van der Waals surface area contributed by atoms with Crippen LogP contribution in [-0.2, 0) is 0 Å². The molecular formula is C14H19FN2O. The molecule has 4 heteroatoms. The van der Waals surface area contributed by atoms with Gasteiger partial charge < -0.3 is 15.3 Å². The van der Waals surface area contributed by atoms with Crippen molar-refractivity contribution < 1.29 is 9.50 Å². The van der Waals surface area contributed by atoms with Gasteiger partial charge in [0, 0.05) is 37.2 Å². The zero-order chi connectivity index (χ0) is 12.7. The first-order valence-corrected chi connectivity index (χ1v) is 6.56. The Balaban J connectivity index is 2.08. The summed E-state index contributed by atoms with van der Waals surface area (Å²) in [7, 11) is 2.08. The quantitative estimate of drug-likeness (QED) is 0.789. The fourth-order valence-electron chi connectivity index (χ4n) is 3.55. The van der Waals surface area contributed by atoms with E-state index in [1.807, 2.05) is 6.07 Å². The average molecular weight is 250 g/mol. The fraction of sp³-hybridized carbons (Fsp3) is 0.571. The van der Waals surface area contributed by atoms with Crippen LogP contribution in [0.2, 0.25) is 0 Å². The summed E-state index contributed by atoms with van der Waals surface area (Å²) in [6.45, 7) is 2.00. The fourth-order valence-corrected chi connectivity index (χ4v) is 3.55. The van der Waals surface area contributed by atoms with E-state index < -0.39 is 0 Å². The first-order chi connectivity index (χ1) is 8.72. The van der Waals surface area contributed by atoms with E-state index in [0.29, 0.717) is 12.0 Å². The lowest BCUT2D eigenvalue weighted by Crippen LogP contribution is -2.54. The number of aliphatic hydroxyl groups excluding tert-OH is 1. The summed E-state index contributed by atoms with van der Waals surface area (Å²) in [5.41, 5.74) is 2.02. The predicted molar refractivity (Wildman–Crippen MR) is 69.4 cm³/mol. The molecule has 1 saturated heterocycles. The molecule has 0 spiro atoms. The van der Waals surface area contributed by atoms with Crippen molar-refractivity contribution in [2.75, 3.05) is 31.6 Å². The molecular weight excluding hydrogens is 231 g/mol. The molecule has 0 radical (unpaired) electrons. The zero-order valence-corrected chi connectivity index (χ0v) is 10.6. The van der Waals surface area contributed by atoms with Gasteiger partial charge in [-0.15, -0.1) is 0 Å². The van der Waals surface area contributed by atoms with Crippen LogP contribution < -0.4 is 10.2 Å². The minimum atomic E-state index is -0.220. The van der Waals surface area contributed by atoms with Crippen molar-refractivity contribution >= 4 is 5.69 Å². The van der Waals surface area contributed by atoms with Crippen LogP contribution in [0, 0.1) is 11.7 Å². The van der Waals surface area contributed by atoms with Gasteiger partial charge in [-0.25, -0.2) is 4.39 Å². The number of rotatable bonds is 1. The summed E-state index contributed by atoms with van der Waals surface area (Å²) in [6.07, 6.45) is 1.08. The maximum Gasteiger partial charge on any atom is 0.123 e. The van der Waals surface area contributed by atoms with Crippen molar-refractivity contribution in [3.8, 4) is 0 Å². The van der Waals surface area contributed by atoms with Crippen LogP contribution in [0.1, 0.15) is 17.9 Å². The molecule has 1 fully saturated rings. The number of halogens is 1. The van der Waals surface area contributed by atoms with E-state index in [2.05, 4.69) is 17.3 Å². The second kappa shape index (κ2) is 4.52. The molecule has 2 aliphatic heterocycles. The van der Waals surface area contributed by atoms with Gasteiger partial charge in [-0.1, -0.05) is 0 Å². The molecule has 18 heavy (non-hydrogen) atoms. The first kappa shape index (κ1) is 11.9. The van der Waals surface area contributed by atoms with Crippen LogP contribution >= 0.6 is 0 Å². The van der Waals surface area contributed by atoms with Crippen LogP contribution in [0.15, 0.2) is 18.2 Å². The number of nitrogens with one attached hydrogen (secondary N) is 1. The third kappa shape index (κ3) is 1.71. The van der Waals surface area contributed by atoms with E-state index in [0.717, 1.165) is 30.8 Å². The number of fused-ring (bicyclic) bond motifs is 2. The highest BCUT2D eigenvalue weighted by Gasteiger charge is 2.40. The van der Waals surface area contributed by atoms with Gasteiger partial charge >= 0.3 is 0 Å². The van der Waals surface area contributed by atoms with Gasteiger partial charge in [-0.05, 0) is 36.7 Å². The lowest BCUT2D eigenvalue weighted by molar-refractivity contribution is 0.178. The second-order valence-corrected chi connectivity index (χ2v) is 5.33. The molecule has 3 unspecified atom stereocenters. The largest absolute Gasteiger partial charge is 0.396 e. The number of hydrogen-bond acceptors (Lipinski definition) is 3. The molecule has 2 N–H and O–H groups in total. The minimum Gasteiger partial charge on any atom is -0.396 e. The molecule has 0 saturated carbocycles. The molecule has 3 atom stereocenters. The van der Waals surface area contributed by atoms with Crippen molar-refractivity contribution in [2.24, 2.45) is 5.92 Å². The number of nitrogens with zero attached hydrogens (tertiary/aromatic N) is 1. The second-order valence-electron chi connectivity index (χ2n) is 5.33. The zero-order valence-electron chi connectivity index (χ0n) is 10.6. The summed E-state index contributed by atoms with van der Waals surface area (Å²) in [5, 5.41) is 13.1. The number of anilines is 1. The monoisotopic (exact) mass is 250 g/mol. The van der Waals surface area contributed by atoms with Crippen molar-refractivity contribution in [1.29, 1.82) is 0 Å². The summed E-state index contributed by atoms with van der Waals surface area (Å²) in [5.74, 6) is 0.190. The molecule has 3 rings (SSSR count). The van der Waals surface area contributed by atoms with E-state index in [4.69, 9.17) is 0 Å². The molecule has 0 bridgehead atoms. The van der Waals surface area contributed by atoms with E-state index in [9.17, 15) is 9.50 Å². The third-order valence-electron chi connectivity index (χ3n) is 4.47. The maximum absolute atomic E-state index is 13.4. The van der Waals surface area contributed by atoms with E-state index in [-0.39, 0.29) is 18.3 Å². The molecule has 1 aromatic rings.